The number of benzene rings is 1. The van der Waals surface area contributed by atoms with Crippen molar-refractivity contribution in [1.29, 1.82) is 0 Å². The third kappa shape index (κ3) is 4.62. The largest absolute Gasteiger partial charge is 0.353 e. The monoisotopic (exact) mass is 261 g/mol. The summed E-state index contributed by atoms with van der Waals surface area (Å²) in [4.78, 5) is 22.9. The molecule has 0 aromatic heterocycles. The van der Waals surface area contributed by atoms with E-state index < -0.39 is 0 Å². The number of carbonyl (C=O) groups is 2. The average Bonchev–Trinajstić information content (AvgIpc) is 3.16. The van der Waals surface area contributed by atoms with Crippen LogP contribution in [0.5, 0.6) is 0 Å². The lowest BCUT2D eigenvalue weighted by Gasteiger charge is -2.07. The Labute approximate surface area is 112 Å². The Morgan fingerprint density at radius 1 is 1.21 bits per heavy atom. The number of rotatable bonds is 5. The summed E-state index contributed by atoms with van der Waals surface area (Å²) in [6.07, 6.45) is 2.58. The van der Waals surface area contributed by atoms with Crippen molar-refractivity contribution in [3.8, 4) is 0 Å². The highest BCUT2D eigenvalue weighted by Crippen LogP contribution is 2.19. The fourth-order valence-electron chi connectivity index (χ4n) is 1.73. The minimum Gasteiger partial charge on any atom is -0.353 e. The van der Waals surface area contributed by atoms with Gasteiger partial charge in [0.15, 0.2) is 0 Å². The van der Waals surface area contributed by atoms with Crippen LogP contribution in [0, 0.1) is 0 Å². The number of anilines is 1. The summed E-state index contributed by atoms with van der Waals surface area (Å²) in [6, 6.07) is 7.49. The van der Waals surface area contributed by atoms with Crippen LogP contribution < -0.4 is 16.0 Å². The van der Waals surface area contributed by atoms with Gasteiger partial charge in [-0.15, -0.1) is 0 Å². The molecule has 1 saturated carbocycles. The Morgan fingerprint density at radius 2 is 1.89 bits per heavy atom. The van der Waals surface area contributed by atoms with Crippen LogP contribution in [0.1, 0.15) is 25.3 Å². The second-order valence-electron chi connectivity index (χ2n) is 4.70. The van der Waals surface area contributed by atoms with Crippen molar-refractivity contribution >= 4 is 17.6 Å². The molecule has 0 bridgehead atoms. The third-order valence-corrected chi connectivity index (χ3v) is 2.86. The van der Waals surface area contributed by atoms with Crippen molar-refractivity contribution in [3.63, 3.8) is 0 Å². The normalized spacial score (nSPS) is 13.7. The van der Waals surface area contributed by atoms with E-state index >= 15 is 0 Å². The quantitative estimate of drug-likeness (QED) is 0.754. The van der Waals surface area contributed by atoms with Crippen molar-refractivity contribution in [2.75, 3.05) is 11.9 Å². The molecular weight excluding hydrogens is 242 g/mol. The summed E-state index contributed by atoms with van der Waals surface area (Å²) in [5.41, 5.74) is 1.66. The number of hydrogen-bond donors (Lipinski definition) is 3. The molecule has 0 heterocycles. The number of hydrogen-bond acceptors (Lipinski definition) is 2. The van der Waals surface area contributed by atoms with Gasteiger partial charge in [0.25, 0.3) is 0 Å². The fourth-order valence-corrected chi connectivity index (χ4v) is 1.73. The highest BCUT2D eigenvalue weighted by Gasteiger charge is 2.22. The van der Waals surface area contributed by atoms with E-state index in [1.54, 1.807) is 12.1 Å². The van der Waals surface area contributed by atoms with Gasteiger partial charge in [-0.3, -0.25) is 4.79 Å². The summed E-state index contributed by atoms with van der Waals surface area (Å²) < 4.78 is 0. The molecule has 0 atom stereocenters. The van der Waals surface area contributed by atoms with Crippen LogP contribution in [-0.2, 0) is 11.2 Å². The van der Waals surface area contributed by atoms with Gasteiger partial charge >= 0.3 is 6.03 Å². The minimum absolute atomic E-state index is 0.0620. The molecule has 2 rings (SSSR count). The van der Waals surface area contributed by atoms with E-state index in [4.69, 9.17) is 0 Å². The molecule has 1 aliphatic carbocycles. The maximum absolute atomic E-state index is 11.6. The lowest BCUT2D eigenvalue weighted by Crippen LogP contribution is -2.28. The van der Waals surface area contributed by atoms with Crippen LogP contribution in [0.2, 0.25) is 0 Å². The molecule has 5 nitrogen and oxygen atoms in total. The molecule has 19 heavy (non-hydrogen) atoms. The fraction of sp³-hybridized carbons (Fsp3) is 0.429. The number of nitrogens with one attached hydrogen (secondary N) is 3. The van der Waals surface area contributed by atoms with E-state index in [2.05, 4.69) is 16.0 Å². The lowest BCUT2D eigenvalue weighted by atomic mass is 10.1. The van der Waals surface area contributed by atoms with E-state index in [9.17, 15) is 9.59 Å². The summed E-state index contributed by atoms with van der Waals surface area (Å²) in [5.74, 6) is 0.0620. The van der Waals surface area contributed by atoms with Gasteiger partial charge in [-0.2, -0.15) is 0 Å². The predicted molar refractivity (Wildman–Crippen MR) is 74.0 cm³/mol. The SMILES string of the molecule is CCNC(=O)Nc1ccc(CC(=O)NC2CC2)cc1. The van der Waals surface area contributed by atoms with Crippen molar-refractivity contribution in [3.05, 3.63) is 29.8 Å². The molecule has 3 amide bonds. The number of amides is 3. The first kappa shape index (κ1) is 13.4. The molecule has 0 aliphatic heterocycles. The first-order chi connectivity index (χ1) is 9.17. The van der Waals surface area contributed by atoms with E-state index in [0.717, 1.165) is 24.1 Å². The zero-order valence-corrected chi connectivity index (χ0v) is 11.0. The van der Waals surface area contributed by atoms with Crippen molar-refractivity contribution < 1.29 is 9.59 Å². The molecule has 0 radical (unpaired) electrons. The second kappa shape index (κ2) is 6.22. The molecular formula is C14H19N3O2. The van der Waals surface area contributed by atoms with E-state index in [-0.39, 0.29) is 11.9 Å². The van der Waals surface area contributed by atoms with Crippen LogP contribution in [0.25, 0.3) is 0 Å². The Balaban J connectivity index is 1.83. The molecule has 1 aliphatic rings. The molecule has 0 saturated heterocycles. The molecule has 0 unspecified atom stereocenters. The highest BCUT2D eigenvalue weighted by molar-refractivity contribution is 5.89. The van der Waals surface area contributed by atoms with Gasteiger partial charge in [-0.25, -0.2) is 4.79 Å². The first-order valence-electron chi connectivity index (χ1n) is 6.60. The van der Waals surface area contributed by atoms with Crippen LogP contribution in [-0.4, -0.2) is 24.5 Å². The number of carbonyl (C=O) groups excluding carboxylic acids is 2. The Morgan fingerprint density at radius 3 is 2.47 bits per heavy atom. The molecule has 0 spiro atoms. The van der Waals surface area contributed by atoms with Gasteiger partial charge in [-0.1, -0.05) is 12.1 Å². The Hall–Kier alpha value is -2.04. The van der Waals surface area contributed by atoms with Gasteiger partial charge in [0.05, 0.1) is 6.42 Å². The Kier molecular flexibility index (Phi) is 4.39. The topological polar surface area (TPSA) is 70.2 Å². The van der Waals surface area contributed by atoms with Gasteiger partial charge < -0.3 is 16.0 Å². The van der Waals surface area contributed by atoms with Crippen molar-refractivity contribution in [2.45, 2.75) is 32.2 Å². The van der Waals surface area contributed by atoms with Crippen LogP contribution in [0.3, 0.4) is 0 Å². The smallest absolute Gasteiger partial charge is 0.319 e. The first-order valence-corrected chi connectivity index (χ1v) is 6.60. The average molecular weight is 261 g/mol. The minimum atomic E-state index is -0.221. The van der Waals surface area contributed by atoms with Crippen molar-refractivity contribution in [1.82, 2.24) is 10.6 Å². The van der Waals surface area contributed by atoms with Crippen LogP contribution in [0.4, 0.5) is 10.5 Å². The Bertz CT molecular complexity index is 452. The van der Waals surface area contributed by atoms with Gasteiger partial charge in [0, 0.05) is 18.3 Å². The maximum atomic E-state index is 11.6. The maximum Gasteiger partial charge on any atom is 0.319 e. The number of urea groups is 1. The summed E-state index contributed by atoms with van der Waals surface area (Å²) in [6.45, 7) is 2.45. The highest BCUT2D eigenvalue weighted by atomic mass is 16.2. The van der Waals surface area contributed by atoms with E-state index in [1.165, 1.54) is 0 Å². The molecule has 3 N–H and O–H groups in total. The molecule has 5 heteroatoms. The molecule has 1 aromatic rings. The zero-order valence-electron chi connectivity index (χ0n) is 11.0. The summed E-state index contributed by atoms with van der Waals surface area (Å²) in [7, 11) is 0. The van der Waals surface area contributed by atoms with Gasteiger partial charge in [-0.05, 0) is 37.5 Å². The van der Waals surface area contributed by atoms with Gasteiger partial charge in [0.1, 0.15) is 0 Å². The molecule has 1 fully saturated rings. The second-order valence-corrected chi connectivity index (χ2v) is 4.70. The summed E-state index contributed by atoms with van der Waals surface area (Å²) in [5, 5.41) is 8.32. The van der Waals surface area contributed by atoms with Crippen LogP contribution >= 0.6 is 0 Å². The van der Waals surface area contributed by atoms with Crippen molar-refractivity contribution in [2.24, 2.45) is 0 Å². The molecule has 102 valence electrons. The van der Waals surface area contributed by atoms with E-state index in [0.29, 0.717) is 19.0 Å². The standard InChI is InChI=1S/C14H19N3O2/c1-2-15-14(19)17-12-5-3-10(4-6-12)9-13(18)16-11-7-8-11/h3-6,11H,2,7-9H2,1H3,(H,16,18)(H2,15,17,19). The lowest BCUT2D eigenvalue weighted by molar-refractivity contribution is -0.120. The van der Waals surface area contributed by atoms with Crippen LogP contribution in [0.15, 0.2) is 24.3 Å². The van der Waals surface area contributed by atoms with Gasteiger partial charge in [0.2, 0.25) is 5.91 Å². The van der Waals surface area contributed by atoms with E-state index in [1.807, 2.05) is 19.1 Å². The molecule has 1 aromatic carbocycles. The zero-order chi connectivity index (χ0) is 13.7. The third-order valence-electron chi connectivity index (χ3n) is 2.86. The summed E-state index contributed by atoms with van der Waals surface area (Å²) >= 11 is 0. The predicted octanol–water partition coefficient (Wildman–Crippen LogP) is 1.65.